The highest BCUT2D eigenvalue weighted by Crippen LogP contribution is 2.26. The van der Waals surface area contributed by atoms with Crippen molar-refractivity contribution in [2.45, 2.75) is 51.6 Å². The first-order chi connectivity index (χ1) is 6.75. The largest absolute Gasteiger partial charge is 0.313 e. The molecule has 2 nitrogen and oxygen atoms in total. The molecule has 82 valence electrons. The molecule has 1 saturated heterocycles. The zero-order chi connectivity index (χ0) is 9.97. The van der Waals surface area contributed by atoms with Gasteiger partial charge >= 0.3 is 0 Å². The molecule has 0 aromatic carbocycles. The summed E-state index contributed by atoms with van der Waals surface area (Å²) in [5, 5.41) is 7.30. The van der Waals surface area contributed by atoms with Crippen LogP contribution in [0.1, 0.15) is 39.5 Å². The normalized spacial score (nSPS) is 43.3. The van der Waals surface area contributed by atoms with Crippen LogP contribution in [0, 0.1) is 11.8 Å². The maximum absolute atomic E-state index is 3.70. The van der Waals surface area contributed by atoms with Crippen molar-refractivity contribution in [3.63, 3.8) is 0 Å². The van der Waals surface area contributed by atoms with Gasteiger partial charge in [-0.1, -0.05) is 13.8 Å². The predicted octanol–water partition coefficient (Wildman–Crippen LogP) is 1.76. The van der Waals surface area contributed by atoms with E-state index in [1.54, 1.807) is 0 Å². The molecule has 1 heterocycles. The van der Waals surface area contributed by atoms with E-state index < -0.39 is 0 Å². The summed E-state index contributed by atoms with van der Waals surface area (Å²) in [5.41, 5.74) is 0. The Balaban J connectivity index is 1.64. The third-order valence-electron chi connectivity index (χ3n) is 4.00. The molecule has 0 amide bonds. The van der Waals surface area contributed by atoms with Gasteiger partial charge in [0.15, 0.2) is 0 Å². The van der Waals surface area contributed by atoms with E-state index in [0.717, 1.165) is 23.9 Å². The first-order valence-electron chi connectivity index (χ1n) is 6.22. The van der Waals surface area contributed by atoms with Gasteiger partial charge in [0.2, 0.25) is 0 Å². The maximum atomic E-state index is 3.70. The Morgan fingerprint density at radius 1 is 1.21 bits per heavy atom. The van der Waals surface area contributed by atoms with E-state index in [2.05, 4.69) is 24.5 Å². The summed E-state index contributed by atoms with van der Waals surface area (Å²) >= 11 is 0. The second-order valence-electron chi connectivity index (χ2n) is 5.35. The summed E-state index contributed by atoms with van der Waals surface area (Å²) < 4.78 is 0. The molecule has 1 aliphatic carbocycles. The van der Waals surface area contributed by atoms with Crippen molar-refractivity contribution in [2.75, 3.05) is 13.1 Å². The SMILES string of the molecule is CC1CCNC(CNC2CCC2C)C1. The zero-order valence-corrected chi connectivity index (χ0v) is 9.55. The second-order valence-corrected chi connectivity index (χ2v) is 5.35. The van der Waals surface area contributed by atoms with Crippen molar-refractivity contribution in [3.05, 3.63) is 0 Å². The maximum Gasteiger partial charge on any atom is 0.0195 e. The fraction of sp³-hybridized carbons (Fsp3) is 1.00. The number of rotatable bonds is 3. The molecule has 2 rings (SSSR count). The van der Waals surface area contributed by atoms with Gasteiger partial charge in [0, 0.05) is 18.6 Å². The molecular formula is C12H24N2. The Hall–Kier alpha value is -0.0800. The van der Waals surface area contributed by atoms with Gasteiger partial charge in [-0.25, -0.2) is 0 Å². The zero-order valence-electron chi connectivity index (χ0n) is 9.55. The van der Waals surface area contributed by atoms with E-state index in [9.17, 15) is 0 Å². The van der Waals surface area contributed by atoms with E-state index in [-0.39, 0.29) is 0 Å². The summed E-state index contributed by atoms with van der Waals surface area (Å²) in [4.78, 5) is 0. The molecule has 0 aromatic rings. The van der Waals surface area contributed by atoms with Gasteiger partial charge in [0.05, 0.1) is 0 Å². The van der Waals surface area contributed by atoms with E-state index in [4.69, 9.17) is 0 Å². The van der Waals surface area contributed by atoms with E-state index >= 15 is 0 Å². The summed E-state index contributed by atoms with van der Waals surface area (Å²) in [6.45, 7) is 7.13. The summed E-state index contributed by atoms with van der Waals surface area (Å²) in [6, 6.07) is 1.54. The van der Waals surface area contributed by atoms with Gasteiger partial charge in [-0.05, 0) is 44.1 Å². The summed E-state index contributed by atoms with van der Waals surface area (Å²) in [7, 11) is 0. The lowest BCUT2D eigenvalue weighted by atomic mass is 9.81. The van der Waals surface area contributed by atoms with Crippen molar-refractivity contribution in [1.29, 1.82) is 0 Å². The van der Waals surface area contributed by atoms with Crippen LogP contribution in [0.3, 0.4) is 0 Å². The number of hydrogen-bond donors (Lipinski definition) is 2. The minimum atomic E-state index is 0.728. The predicted molar refractivity (Wildman–Crippen MR) is 60.4 cm³/mol. The molecule has 0 radical (unpaired) electrons. The van der Waals surface area contributed by atoms with E-state index in [1.807, 2.05) is 0 Å². The molecule has 2 aliphatic rings. The van der Waals surface area contributed by atoms with E-state index in [0.29, 0.717) is 0 Å². The Bertz CT molecular complexity index is 181. The van der Waals surface area contributed by atoms with Crippen LogP contribution in [0.15, 0.2) is 0 Å². The van der Waals surface area contributed by atoms with Crippen LogP contribution in [-0.2, 0) is 0 Å². The van der Waals surface area contributed by atoms with Gasteiger partial charge < -0.3 is 10.6 Å². The third kappa shape index (κ3) is 2.48. The lowest BCUT2D eigenvalue weighted by Gasteiger charge is -2.37. The van der Waals surface area contributed by atoms with Crippen molar-refractivity contribution in [3.8, 4) is 0 Å². The number of hydrogen-bond acceptors (Lipinski definition) is 2. The molecule has 2 N–H and O–H groups in total. The number of piperidine rings is 1. The van der Waals surface area contributed by atoms with Gasteiger partial charge in [0.25, 0.3) is 0 Å². The van der Waals surface area contributed by atoms with E-state index in [1.165, 1.54) is 38.8 Å². The second kappa shape index (κ2) is 4.63. The van der Waals surface area contributed by atoms with Crippen LogP contribution in [0.4, 0.5) is 0 Å². The molecule has 0 spiro atoms. The molecule has 4 atom stereocenters. The molecule has 1 saturated carbocycles. The highest BCUT2D eigenvalue weighted by Gasteiger charge is 2.27. The average Bonchev–Trinajstić information content (AvgIpc) is 2.16. The minimum absolute atomic E-state index is 0.728. The molecular weight excluding hydrogens is 172 g/mol. The Labute approximate surface area is 87.8 Å². The van der Waals surface area contributed by atoms with Gasteiger partial charge in [-0.2, -0.15) is 0 Å². The monoisotopic (exact) mass is 196 g/mol. The Morgan fingerprint density at radius 2 is 2.07 bits per heavy atom. The highest BCUT2D eigenvalue weighted by atomic mass is 15.0. The molecule has 14 heavy (non-hydrogen) atoms. The van der Waals surface area contributed by atoms with Crippen molar-refractivity contribution in [1.82, 2.24) is 10.6 Å². The molecule has 4 unspecified atom stereocenters. The first-order valence-corrected chi connectivity index (χ1v) is 6.22. The van der Waals surface area contributed by atoms with Gasteiger partial charge in [-0.3, -0.25) is 0 Å². The van der Waals surface area contributed by atoms with Crippen molar-refractivity contribution in [2.24, 2.45) is 11.8 Å². The van der Waals surface area contributed by atoms with Gasteiger partial charge in [0.1, 0.15) is 0 Å². The minimum Gasteiger partial charge on any atom is -0.313 e. The van der Waals surface area contributed by atoms with Crippen LogP contribution < -0.4 is 10.6 Å². The fourth-order valence-corrected chi connectivity index (χ4v) is 2.64. The molecule has 0 aromatic heterocycles. The highest BCUT2D eigenvalue weighted by molar-refractivity contribution is 4.86. The quantitative estimate of drug-likeness (QED) is 0.719. The molecule has 2 fully saturated rings. The Kier molecular flexibility index (Phi) is 3.45. The van der Waals surface area contributed by atoms with Crippen LogP contribution >= 0.6 is 0 Å². The third-order valence-corrected chi connectivity index (χ3v) is 4.00. The summed E-state index contributed by atoms with van der Waals surface area (Å²) in [6.07, 6.45) is 5.53. The lowest BCUT2D eigenvalue weighted by molar-refractivity contribution is 0.211. The summed E-state index contributed by atoms with van der Waals surface area (Å²) in [5.74, 6) is 1.83. The molecule has 0 bridgehead atoms. The number of nitrogens with one attached hydrogen (secondary N) is 2. The topological polar surface area (TPSA) is 24.1 Å². The van der Waals surface area contributed by atoms with Crippen LogP contribution in [0.5, 0.6) is 0 Å². The smallest absolute Gasteiger partial charge is 0.0195 e. The van der Waals surface area contributed by atoms with Crippen LogP contribution in [0.25, 0.3) is 0 Å². The average molecular weight is 196 g/mol. The van der Waals surface area contributed by atoms with Crippen LogP contribution in [0.2, 0.25) is 0 Å². The van der Waals surface area contributed by atoms with Crippen LogP contribution in [-0.4, -0.2) is 25.2 Å². The fourth-order valence-electron chi connectivity index (χ4n) is 2.64. The van der Waals surface area contributed by atoms with Crippen molar-refractivity contribution < 1.29 is 0 Å². The van der Waals surface area contributed by atoms with Crippen molar-refractivity contribution >= 4 is 0 Å². The Morgan fingerprint density at radius 3 is 2.64 bits per heavy atom. The molecule has 2 heteroatoms. The van der Waals surface area contributed by atoms with Gasteiger partial charge in [-0.15, -0.1) is 0 Å². The lowest BCUT2D eigenvalue weighted by Crippen LogP contribution is -2.50. The standard InChI is InChI=1S/C12H24N2/c1-9-5-6-13-11(7-9)8-14-12-4-3-10(12)2/h9-14H,3-8H2,1-2H3. The molecule has 1 aliphatic heterocycles. The first kappa shape index (κ1) is 10.4.